The third-order valence-electron chi connectivity index (χ3n) is 4.22. The molecule has 0 saturated heterocycles. The minimum atomic E-state index is -3.70. The number of nitrogens with zero attached hydrogens (tertiary/aromatic N) is 2. The Labute approximate surface area is 159 Å². The Morgan fingerprint density at radius 3 is 2.56 bits per heavy atom. The Hall–Kier alpha value is -2.58. The van der Waals surface area contributed by atoms with Crippen LogP contribution >= 0.6 is 0 Å². The fourth-order valence-electron chi connectivity index (χ4n) is 2.98. The highest BCUT2D eigenvalue weighted by Crippen LogP contribution is 2.27. The summed E-state index contributed by atoms with van der Waals surface area (Å²) in [5.74, 6) is 1.35. The first kappa shape index (κ1) is 19.2. The Morgan fingerprint density at radius 1 is 1.26 bits per heavy atom. The molecular weight excluding hydrogens is 366 g/mol. The van der Waals surface area contributed by atoms with Crippen molar-refractivity contribution in [3.8, 4) is 5.75 Å². The van der Waals surface area contributed by atoms with Gasteiger partial charge in [0.25, 0.3) is 0 Å². The molecule has 2 heterocycles. The maximum absolute atomic E-state index is 12.8. The average Bonchev–Trinajstić information content (AvgIpc) is 3.32. The Bertz CT molecular complexity index is 923. The van der Waals surface area contributed by atoms with Crippen molar-refractivity contribution in [3.05, 3.63) is 65.9 Å². The predicted molar refractivity (Wildman–Crippen MR) is 101 cm³/mol. The van der Waals surface area contributed by atoms with Crippen molar-refractivity contribution >= 4 is 10.0 Å². The molecule has 0 amide bonds. The van der Waals surface area contributed by atoms with E-state index in [0.717, 1.165) is 16.9 Å². The first-order valence-corrected chi connectivity index (χ1v) is 10.2. The van der Waals surface area contributed by atoms with Crippen molar-refractivity contribution in [2.24, 2.45) is 0 Å². The van der Waals surface area contributed by atoms with Gasteiger partial charge in [0.15, 0.2) is 0 Å². The molecule has 1 atom stereocenters. The maximum atomic E-state index is 12.8. The number of benzene rings is 1. The van der Waals surface area contributed by atoms with Gasteiger partial charge in [-0.15, -0.1) is 0 Å². The SMILES string of the molecule is CCOc1c(C)cc(S(=O)(=O)NC[C@@H](c2ccco2)n2cccn2)cc1C. The van der Waals surface area contributed by atoms with Gasteiger partial charge in [-0.3, -0.25) is 4.68 Å². The lowest BCUT2D eigenvalue weighted by molar-refractivity contribution is 0.335. The van der Waals surface area contributed by atoms with E-state index in [2.05, 4.69) is 9.82 Å². The highest BCUT2D eigenvalue weighted by atomic mass is 32.2. The molecule has 8 heteroatoms. The summed E-state index contributed by atoms with van der Waals surface area (Å²) >= 11 is 0. The minimum Gasteiger partial charge on any atom is -0.493 e. The van der Waals surface area contributed by atoms with E-state index in [1.807, 2.05) is 20.8 Å². The van der Waals surface area contributed by atoms with E-state index in [-0.39, 0.29) is 17.5 Å². The van der Waals surface area contributed by atoms with Gasteiger partial charge in [0.2, 0.25) is 10.0 Å². The topological polar surface area (TPSA) is 86.4 Å². The van der Waals surface area contributed by atoms with Gasteiger partial charge in [0.1, 0.15) is 17.6 Å². The summed E-state index contributed by atoms with van der Waals surface area (Å²) in [4.78, 5) is 0.208. The fraction of sp³-hybridized carbons (Fsp3) is 0.316. The van der Waals surface area contributed by atoms with E-state index in [0.29, 0.717) is 12.4 Å². The lowest BCUT2D eigenvalue weighted by Gasteiger charge is -2.17. The summed E-state index contributed by atoms with van der Waals surface area (Å²) in [5, 5.41) is 4.21. The maximum Gasteiger partial charge on any atom is 0.240 e. The molecule has 0 radical (unpaired) electrons. The number of sulfonamides is 1. The Kier molecular flexibility index (Phi) is 5.67. The third-order valence-corrected chi connectivity index (χ3v) is 5.62. The van der Waals surface area contributed by atoms with Crippen LogP contribution in [-0.4, -0.2) is 31.3 Å². The summed E-state index contributed by atoms with van der Waals surface area (Å²) < 4.78 is 41.1. The summed E-state index contributed by atoms with van der Waals surface area (Å²) in [5.41, 5.74) is 1.57. The van der Waals surface area contributed by atoms with E-state index in [1.54, 1.807) is 53.7 Å². The van der Waals surface area contributed by atoms with E-state index in [9.17, 15) is 8.42 Å². The summed E-state index contributed by atoms with van der Waals surface area (Å²) in [6.07, 6.45) is 4.97. The lowest BCUT2D eigenvalue weighted by atomic mass is 10.1. The van der Waals surface area contributed by atoms with Crippen molar-refractivity contribution in [2.75, 3.05) is 13.2 Å². The summed E-state index contributed by atoms with van der Waals surface area (Å²) in [6.45, 7) is 6.22. The van der Waals surface area contributed by atoms with E-state index in [1.165, 1.54) is 0 Å². The smallest absolute Gasteiger partial charge is 0.240 e. The Morgan fingerprint density at radius 2 is 2.00 bits per heavy atom. The quantitative estimate of drug-likeness (QED) is 0.640. The summed E-state index contributed by atoms with van der Waals surface area (Å²) in [6, 6.07) is 8.20. The van der Waals surface area contributed by atoms with Crippen molar-refractivity contribution in [2.45, 2.75) is 31.7 Å². The van der Waals surface area contributed by atoms with Crippen LogP contribution in [0.2, 0.25) is 0 Å². The first-order valence-electron chi connectivity index (χ1n) is 8.68. The highest BCUT2D eigenvalue weighted by molar-refractivity contribution is 7.89. The van der Waals surface area contributed by atoms with Gasteiger partial charge in [-0.1, -0.05) is 0 Å². The zero-order valence-electron chi connectivity index (χ0n) is 15.5. The molecular formula is C19H23N3O4S. The zero-order valence-corrected chi connectivity index (χ0v) is 16.4. The molecule has 0 saturated carbocycles. The molecule has 0 aliphatic carbocycles. The number of aryl methyl sites for hydroxylation is 2. The van der Waals surface area contributed by atoms with Crippen molar-refractivity contribution < 1.29 is 17.6 Å². The zero-order chi connectivity index (χ0) is 19.4. The number of hydrogen-bond acceptors (Lipinski definition) is 5. The van der Waals surface area contributed by atoms with Crippen LogP contribution in [0.4, 0.5) is 0 Å². The number of ether oxygens (including phenoxy) is 1. The molecule has 7 nitrogen and oxygen atoms in total. The van der Waals surface area contributed by atoms with Gasteiger partial charge >= 0.3 is 0 Å². The van der Waals surface area contributed by atoms with Crippen molar-refractivity contribution in [1.82, 2.24) is 14.5 Å². The van der Waals surface area contributed by atoms with Gasteiger partial charge in [0, 0.05) is 18.9 Å². The molecule has 0 bridgehead atoms. The van der Waals surface area contributed by atoms with Gasteiger partial charge in [-0.05, 0) is 62.2 Å². The molecule has 1 aromatic carbocycles. The summed E-state index contributed by atoms with van der Waals surface area (Å²) in [7, 11) is -3.70. The number of rotatable bonds is 8. The average molecular weight is 389 g/mol. The van der Waals surface area contributed by atoms with E-state index < -0.39 is 10.0 Å². The lowest BCUT2D eigenvalue weighted by Crippen LogP contribution is -2.31. The number of aromatic nitrogens is 2. The second-order valence-corrected chi connectivity index (χ2v) is 7.96. The van der Waals surface area contributed by atoms with Crippen LogP contribution in [0.15, 0.2) is 58.3 Å². The number of hydrogen-bond donors (Lipinski definition) is 1. The number of nitrogens with one attached hydrogen (secondary N) is 1. The molecule has 3 aromatic rings. The van der Waals surface area contributed by atoms with Gasteiger partial charge < -0.3 is 9.15 Å². The highest BCUT2D eigenvalue weighted by Gasteiger charge is 2.22. The van der Waals surface area contributed by atoms with Crippen molar-refractivity contribution in [3.63, 3.8) is 0 Å². The fourth-order valence-corrected chi connectivity index (χ4v) is 4.19. The molecule has 2 aromatic heterocycles. The van der Waals surface area contributed by atoms with Crippen LogP contribution in [0.5, 0.6) is 5.75 Å². The van der Waals surface area contributed by atoms with Crippen LogP contribution in [0, 0.1) is 13.8 Å². The molecule has 3 rings (SSSR count). The van der Waals surface area contributed by atoms with Gasteiger partial charge in [0.05, 0.1) is 17.8 Å². The monoisotopic (exact) mass is 389 g/mol. The molecule has 0 spiro atoms. The molecule has 27 heavy (non-hydrogen) atoms. The van der Waals surface area contributed by atoms with E-state index in [4.69, 9.17) is 9.15 Å². The van der Waals surface area contributed by atoms with E-state index >= 15 is 0 Å². The molecule has 0 aliphatic heterocycles. The molecule has 144 valence electrons. The first-order chi connectivity index (χ1) is 12.9. The van der Waals surface area contributed by atoms with Gasteiger partial charge in [-0.2, -0.15) is 5.10 Å². The Balaban J connectivity index is 1.84. The second-order valence-electron chi connectivity index (χ2n) is 6.19. The largest absolute Gasteiger partial charge is 0.493 e. The minimum absolute atomic E-state index is 0.114. The molecule has 0 unspecified atom stereocenters. The third kappa shape index (κ3) is 4.23. The van der Waals surface area contributed by atoms with Gasteiger partial charge in [-0.25, -0.2) is 13.1 Å². The van der Waals surface area contributed by atoms with Crippen LogP contribution in [-0.2, 0) is 10.0 Å². The number of furan rings is 1. The second kappa shape index (κ2) is 7.98. The predicted octanol–water partition coefficient (Wildman–Crippen LogP) is 3.06. The standard InChI is InChI=1S/C19H23N3O4S/c1-4-25-19-14(2)11-16(12-15(19)3)27(23,24)21-13-17(18-7-5-10-26-18)22-9-6-8-20-22/h5-12,17,21H,4,13H2,1-3H3/t17-/m0/s1. The van der Waals surface area contributed by atoms with Crippen molar-refractivity contribution in [1.29, 1.82) is 0 Å². The molecule has 0 fully saturated rings. The van der Waals surface area contributed by atoms with Crippen LogP contribution in [0.25, 0.3) is 0 Å². The van der Waals surface area contributed by atoms with Crippen LogP contribution < -0.4 is 9.46 Å². The van der Waals surface area contributed by atoms with Crippen LogP contribution in [0.1, 0.15) is 29.9 Å². The molecule has 0 aliphatic rings. The molecule has 1 N–H and O–H groups in total. The normalized spacial score (nSPS) is 12.9. The van der Waals surface area contributed by atoms with Crippen LogP contribution in [0.3, 0.4) is 0 Å².